The van der Waals surface area contributed by atoms with E-state index in [-0.39, 0.29) is 11.9 Å². The summed E-state index contributed by atoms with van der Waals surface area (Å²) in [6, 6.07) is 3.61. The van der Waals surface area contributed by atoms with E-state index in [1.807, 2.05) is 33.8 Å². The number of hydrogen-bond donors (Lipinski definition) is 3. The van der Waals surface area contributed by atoms with Gasteiger partial charge in [-0.05, 0) is 39.8 Å². The minimum absolute atomic E-state index is 0.0630. The minimum atomic E-state index is -0.818. The van der Waals surface area contributed by atoms with Crippen molar-refractivity contribution in [1.82, 2.24) is 25.3 Å². The lowest BCUT2D eigenvalue weighted by Gasteiger charge is -2.27. The SMILES string of the molecule is CC(C)NC(=O)C(C)(C)Nc1ccnc(-c2c[nH]c3ncc(Cl)cc23)n1. The van der Waals surface area contributed by atoms with E-state index in [1.54, 1.807) is 24.7 Å². The van der Waals surface area contributed by atoms with Crippen LogP contribution < -0.4 is 10.6 Å². The van der Waals surface area contributed by atoms with Gasteiger partial charge < -0.3 is 15.6 Å². The summed E-state index contributed by atoms with van der Waals surface area (Å²) in [6.45, 7) is 7.46. The highest BCUT2D eigenvalue weighted by atomic mass is 35.5. The molecule has 8 heteroatoms. The standard InChI is InChI=1S/C18H21ClN6O/c1-10(2)23-17(26)18(3,4)25-14-5-6-20-16(24-14)13-9-22-15-12(13)7-11(19)8-21-15/h5-10H,1-4H3,(H,21,22)(H,23,26)(H,20,24,25). The Hall–Kier alpha value is -2.67. The summed E-state index contributed by atoms with van der Waals surface area (Å²) in [5, 5.41) is 7.45. The molecule has 3 aromatic rings. The van der Waals surface area contributed by atoms with E-state index >= 15 is 0 Å². The predicted molar refractivity (Wildman–Crippen MR) is 103 cm³/mol. The summed E-state index contributed by atoms with van der Waals surface area (Å²) in [4.78, 5) is 28.6. The van der Waals surface area contributed by atoms with Crippen LogP contribution in [0.4, 0.5) is 5.82 Å². The average Bonchev–Trinajstić information content (AvgIpc) is 2.97. The zero-order chi connectivity index (χ0) is 18.9. The molecule has 3 aromatic heterocycles. The lowest BCUT2D eigenvalue weighted by molar-refractivity contribution is -0.125. The number of H-pyrrole nitrogens is 1. The molecule has 1 amide bonds. The molecule has 26 heavy (non-hydrogen) atoms. The molecule has 0 bridgehead atoms. The number of halogens is 1. The maximum atomic E-state index is 12.4. The van der Waals surface area contributed by atoms with Gasteiger partial charge in [-0.1, -0.05) is 11.6 Å². The first-order valence-corrected chi connectivity index (χ1v) is 8.69. The summed E-state index contributed by atoms with van der Waals surface area (Å²) in [5.41, 5.74) is 0.687. The van der Waals surface area contributed by atoms with Crippen molar-refractivity contribution in [3.63, 3.8) is 0 Å². The molecular weight excluding hydrogens is 352 g/mol. The summed E-state index contributed by atoms with van der Waals surface area (Å²) in [6.07, 6.45) is 5.03. The highest BCUT2D eigenvalue weighted by molar-refractivity contribution is 6.31. The van der Waals surface area contributed by atoms with E-state index in [1.165, 1.54) is 0 Å². The second-order valence-corrected chi connectivity index (χ2v) is 7.33. The molecule has 0 radical (unpaired) electrons. The smallest absolute Gasteiger partial charge is 0.245 e. The minimum Gasteiger partial charge on any atom is -0.356 e. The van der Waals surface area contributed by atoms with E-state index in [0.29, 0.717) is 22.3 Å². The highest BCUT2D eigenvalue weighted by Gasteiger charge is 2.28. The molecule has 0 saturated carbocycles. The van der Waals surface area contributed by atoms with E-state index in [2.05, 4.69) is 30.6 Å². The van der Waals surface area contributed by atoms with Crippen LogP contribution in [0, 0.1) is 0 Å². The Labute approximate surface area is 156 Å². The number of anilines is 1. The average molecular weight is 373 g/mol. The van der Waals surface area contributed by atoms with Crippen molar-refractivity contribution in [3.05, 3.63) is 35.7 Å². The Morgan fingerprint density at radius 3 is 2.81 bits per heavy atom. The topological polar surface area (TPSA) is 95.6 Å². The summed E-state index contributed by atoms with van der Waals surface area (Å²) >= 11 is 6.06. The van der Waals surface area contributed by atoms with Gasteiger partial charge >= 0.3 is 0 Å². The van der Waals surface area contributed by atoms with E-state index in [0.717, 1.165) is 10.9 Å². The van der Waals surface area contributed by atoms with Gasteiger partial charge in [0.1, 0.15) is 17.0 Å². The van der Waals surface area contributed by atoms with Crippen LogP contribution in [0.1, 0.15) is 27.7 Å². The molecule has 0 aliphatic rings. The van der Waals surface area contributed by atoms with Crippen LogP contribution in [0.5, 0.6) is 0 Å². The number of rotatable bonds is 5. The summed E-state index contributed by atoms with van der Waals surface area (Å²) < 4.78 is 0. The van der Waals surface area contributed by atoms with E-state index in [9.17, 15) is 4.79 Å². The number of aromatic amines is 1. The first-order valence-electron chi connectivity index (χ1n) is 8.31. The van der Waals surface area contributed by atoms with Gasteiger partial charge in [0, 0.05) is 35.6 Å². The number of amides is 1. The van der Waals surface area contributed by atoms with Crippen LogP contribution >= 0.6 is 11.6 Å². The van der Waals surface area contributed by atoms with Crippen molar-refractivity contribution in [1.29, 1.82) is 0 Å². The fourth-order valence-corrected chi connectivity index (χ4v) is 2.70. The molecule has 0 fully saturated rings. The number of hydrogen-bond acceptors (Lipinski definition) is 5. The molecule has 3 N–H and O–H groups in total. The summed E-state index contributed by atoms with van der Waals surface area (Å²) in [5.74, 6) is 0.976. The Morgan fingerprint density at radius 1 is 1.31 bits per heavy atom. The molecule has 0 aromatic carbocycles. The first-order chi connectivity index (χ1) is 12.3. The van der Waals surface area contributed by atoms with Gasteiger partial charge in [0.15, 0.2) is 5.82 Å². The van der Waals surface area contributed by atoms with Crippen LogP contribution in [-0.2, 0) is 4.79 Å². The molecule has 3 heterocycles. The Bertz CT molecular complexity index is 950. The number of nitrogens with one attached hydrogen (secondary N) is 3. The van der Waals surface area contributed by atoms with Crippen molar-refractivity contribution in [2.75, 3.05) is 5.32 Å². The molecule has 7 nitrogen and oxygen atoms in total. The molecule has 0 atom stereocenters. The van der Waals surface area contributed by atoms with Gasteiger partial charge in [0.25, 0.3) is 0 Å². The lowest BCUT2D eigenvalue weighted by atomic mass is 10.0. The van der Waals surface area contributed by atoms with Gasteiger partial charge in [0.2, 0.25) is 5.91 Å². The quantitative estimate of drug-likeness (QED) is 0.638. The molecule has 3 rings (SSSR count). The Morgan fingerprint density at radius 2 is 2.08 bits per heavy atom. The van der Waals surface area contributed by atoms with Crippen LogP contribution in [-0.4, -0.2) is 37.4 Å². The normalized spacial score (nSPS) is 11.8. The number of nitrogens with zero attached hydrogens (tertiary/aromatic N) is 3. The summed E-state index contributed by atoms with van der Waals surface area (Å²) in [7, 11) is 0. The molecule has 0 aliphatic carbocycles. The number of carbonyl (C=O) groups is 1. The number of fused-ring (bicyclic) bond motifs is 1. The fraction of sp³-hybridized carbons (Fsp3) is 0.333. The van der Waals surface area contributed by atoms with Crippen molar-refractivity contribution in [2.45, 2.75) is 39.3 Å². The monoisotopic (exact) mass is 372 g/mol. The number of carbonyl (C=O) groups excluding carboxylic acids is 1. The van der Waals surface area contributed by atoms with Crippen LogP contribution in [0.25, 0.3) is 22.4 Å². The van der Waals surface area contributed by atoms with Crippen molar-refractivity contribution >= 4 is 34.4 Å². The molecule has 0 aliphatic heterocycles. The van der Waals surface area contributed by atoms with Gasteiger partial charge in [-0.3, -0.25) is 4.79 Å². The number of pyridine rings is 1. The van der Waals surface area contributed by atoms with Crippen LogP contribution in [0.15, 0.2) is 30.7 Å². The Balaban J connectivity index is 1.91. The second kappa shape index (κ2) is 6.92. The Kier molecular flexibility index (Phi) is 4.82. The molecule has 0 unspecified atom stereocenters. The van der Waals surface area contributed by atoms with Gasteiger partial charge in [-0.25, -0.2) is 15.0 Å². The van der Waals surface area contributed by atoms with Gasteiger partial charge in [-0.2, -0.15) is 0 Å². The highest BCUT2D eigenvalue weighted by Crippen LogP contribution is 2.27. The first kappa shape index (κ1) is 18.1. The van der Waals surface area contributed by atoms with Gasteiger partial charge in [-0.15, -0.1) is 0 Å². The van der Waals surface area contributed by atoms with Gasteiger partial charge in [0.05, 0.1) is 5.02 Å². The van der Waals surface area contributed by atoms with Crippen molar-refractivity contribution in [3.8, 4) is 11.4 Å². The molecule has 136 valence electrons. The largest absolute Gasteiger partial charge is 0.356 e. The second-order valence-electron chi connectivity index (χ2n) is 6.90. The molecule has 0 saturated heterocycles. The zero-order valence-electron chi connectivity index (χ0n) is 15.1. The maximum Gasteiger partial charge on any atom is 0.245 e. The lowest BCUT2D eigenvalue weighted by Crippen LogP contribution is -2.50. The zero-order valence-corrected chi connectivity index (χ0v) is 15.8. The van der Waals surface area contributed by atoms with Crippen LogP contribution in [0.2, 0.25) is 5.02 Å². The van der Waals surface area contributed by atoms with Crippen molar-refractivity contribution in [2.24, 2.45) is 0 Å². The third-order valence-corrected chi connectivity index (χ3v) is 4.03. The van der Waals surface area contributed by atoms with E-state index < -0.39 is 5.54 Å². The molecular formula is C18H21ClN6O. The third-order valence-electron chi connectivity index (χ3n) is 3.82. The van der Waals surface area contributed by atoms with E-state index in [4.69, 9.17) is 11.6 Å². The maximum absolute atomic E-state index is 12.4. The third kappa shape index (κ3) is 3.77. The number of aromatic nitrogens is 4. The fourth-order valence-electron chi connectivity index (χ4n) is 2.54. The van der Waals surface area contributed by atoms with Crippen molar-refractivity contribution < 1.29 is 4.79 Å². The van der Waals surface area contributed by atoms with Crippen LogP contribution in [0.3, 0.4) is 0 Å². The molecule has 0 spiro atoms. The predicted octanol–water partition coefficient (Wildman–Crippen LogP) is 3.39.